The minimum absolute atomic E-state index is 0.643. The summed E-state index contributed by atoms with van der Waals surface area (Å²) in [6.45, 7) is 2.22. The number of unbranched alkanes of at least 4 members (excludes halogenated alkanes) is 5. The summed E-state index contributed by atoms with van der Waals surface area (Å²) in [6.07, 6.45) is 7.81. The van der Waals surface area contributed by atoms with Crippen LogP contribution in [-0.4, -0.2) is 6.16 Å². The molecule has 0 saturated carbocycles. The van der Waals surface area contributed by atoms with E-state index in [1.54, 1.807) is 0 Å². The predicted molar refractivity (Wildman–Crippen MR) is 98.0 cm³/mol. The Bertz CT molecular complexity index is 708. The number of rotatable bonds is 7. The Morgan fingerprint density at radius 2 is 1.48 bits per heavy atom. The lowest BCUT2D eigenvalue weighted by atomic mass is 10.0. The molecule has 1 atom stereocenters. The van der Waals surface area contributed by atoms with Crippen LogP contribution in [0.25, 0.3) is 11.1 Å². The molecule has 0 N–H and O–H groups in total. The molecule has 2 nitrogen and oxygen atoms in total. The van der Waals surface area contributed by atoms with Gasteiger partial charge in [-0.3, -0.25) is 4.57 Å². The molecule has 2 aromatic rings. The molecule has 0 radical (unpaired) electrons. The van der Waals surface area contributed by atoms with Gasteiger partial charge in [-0.15, -0.1) is 0 Å². The monoisotopic (exact) mass is 328 g/mol. The lowest BCUT2D eigenvalue weighted by molar-refractivity contribution is 0.487. The fraction of sp³-hybridized carbons (Fsp3) is 0.400. The van der Waals surface area contributed by atoms with E-state index >= 15 is 0 Å². The molecule has 0 amide bonds. The summed E-state index contributed by atoms with van der Waals surface area (Å²) in [7, 11) is -2.79. The Morgan fingerprint density at radius 3 is 2.30 bits per heavy atom. The van der Waals surface area contributed by atoms with Crippen LogP contribution in [0.2, 0.25) is 0 Å². The first-order chi connectivity index (χ1) is 11.2. The van der Waals surface area contributed by atoms with Crippen LogP contribution >= 0.6 is 7.37 Å². The van der Waals surface area contributed by atoms with E-state index in [-0.39, 0.29) is 0 Å². The smallest absolute Gasteiger partial charge is 0.277 e. The Labute approximate surface area is 139 Å². The van der Waals surface area contributed by atoms with Crippen LogP contribution < -0.4 is 9.83 Å². The Balaban J connectivity index is 1.77. The van der Waals surface area contributed by atoms with E-state index in [0.29, 0.717) is 6.16 Å². The molecule has 3 rings (SSSR count). The second-order valence-corrected chi connectivity index (χ2v) is 8.73. The molecule has 23 heavy (non-hydrogen) atoms. The van der Waals surface area contributed by atoms with E-state index in [0.717, 1.165) is 35.0 Å². The first kappa shape index (κ1) is 16.3. The summed E-state index contributed by atoms with van der Waals surface area (Å²) in [6, 6.07) is 15.9. The number of fused-ring (bicyclic) bond motifs is 3. The van der Waals surface area contributed by atoms with Crippen molar-refractivity contribution >= 4 is 12.7 Å². The van der Waals surface area contributed by atoms with Crippen molar-refractivity contribution in [3.05, 3.63) is 48.5 Å². The van der Waals surface area contributed by atoms with Gasteiger partial charge in [0.25, 0.3) is 7.37 Å². The van der Waals surface area contributed by atoms with Crippen molar-refractivity contribution in [2.24, 2.45) is 0 Å². The van der Waals surface area contributed by atoms with Crippen LogP contribution in [0.4, 0.5) is 0 Å². The summed E-state index contributed by atoms with van der Waals surface area (Å²) in [5.41, 5.74) is 2.13. The summed E-state index contributed by atoms with van der Waals surface area (Å²) in [5, 5.41) is 0.896. The highest BCUT2D eigenvalue weighted by atomic mass is 31.2. The molecule has 0 aliphatic carbocycles. The lowest BCUT2D eigenvalue weighted by Gasteiger charge is -2.28. The molecule has 0 aromatic heterocycles. The lowest BCUT2D eigenvalue weighted by Crippen LogP contribution is -2.19. The van der Waals surface area contributed by atoms with Gasteiger partial charge in [0, 0.05) is 11.7 Å². The molecule has 2 aromatic carbocycles. The maximum Gasteiger partial charge on any atom is 0.277 e. The number of para-hydroxylation sites is 1. The zero-order valence-corrected chi connectivity index (χ0v) is 14.7. The molecule has 1 heterocycles. The molecular weight excluding hydrogens is 303 g/mol. The zero-order chi connectivity index (χ0) is 16.1. The van der Waals surface area contributed by atoms with Crippen molar-refractivity contribution in [2.45, 2.75) is 45.4 Å². The molecule has 0 bridgehead atoms. The van der Waals surface area contributed by atoms with Crippen LogP contribution in [0.15, 0.2) is 48.5 Å². The Kier molecular flexibility index (Phi) is 5.23. The van der Waals surface area contributed by atoms with Crippen LogP contribution in [0, 0.1) is 0 Å². The summed E-state index contributed by atoms with van der Waals surface area (Å²) in [5.74, 6) is 0.764. The molecule has 0 saturated heterocycles. The van der Waals surface area contributed by atoms with Crippen LogP contribution in [0.3, 0.4) is 0 Å². The molecule has 3 heteroatoms. The average Bonchev–Trinajstić information content (AvgIpc) is 2.58. The van der Waals surface area contributed by atoms with E-state index in [1.807, 2.05) is 42.5 Å². The molecule has 1 aliphatic rings. The van der Waals surface area contributed by atoms with Crippen molar-refractivity contribution in [2.75, 3.05) is 6.16 Å². The van der Waals surface area contributed by atoms with Gasteiger partial charge in [-0.2, -0.15) is 0 Å². The van der Waals surface area contributed by atoms with Crippen molar-refractivity contribution in [3.63, 3.8) is 0 Å². The molecule has 122 valence electrons. The normalized spacial score (nSPS) is 18.8. The summed E-state index contributed by atoms with van der Waals surface area (Å²) in [4.78, 5) is 0. The first-order valence-electron chi connectivity index (χ1n) is 8.72. The van der Waals surface area contributed by atoms with Crippen LogP contribution in [0.1, 0.15) is 45.4 Å². The van der Waals surface area contributed by atoms with Gasteiger partial charge in [0.1, 0.15) is 5.75 Å². The summed E-state index contributed by atoms with van der Waals surface area (Å²) >= 11 is 0. The zero-order valence-electron chi connectivity index (χ0n) is 13.8. The van der Waals surface area contributed by atoms with Crippen LogP contribution in [-0.2, 0) is 4.57 Å². The largest absolute Gasteiger partial charge is 0.439 e. The first-order valence-corrected chi connectivity index (χ1v) is 10.5. The van der Waals surface area contributed by atoms with E-state index in [1.165, 1.54) is 25.7 Å². The highest BCUT2D eigenvalue weighted by Crippen LogP contribution is 2.54. The number of hydrogen-bond donors (Lipinski definition) is 0. The minimum atomic E-state index is -2.79. The topological polar surface area (TPSA) is 26.3 Å². The number of hydrogen-bond acceptors (Lipinski definition) is 2. The van der Waals surface area contributed by atoms with Gasteiger partial charge < -0.3 is 4.52 Å². The van der Waals surface area contributed by atoms with Crippen molar-refractivity contribution in [3.8, 4) is 16.9 Å². The quantitative estimate of drug-likeness (QED) is 0.459. The summed E-state index contributed by atoms with van der Waals surface area (Å²) < 4.78 is 19.5. The SMILES string of the molecule is CCCCCCCCP1(=O)Oc2ccccc2-c2ccccc21. The van der Waals surface area contributed by atoms with Gasteiger partial charge in [-0.25, -0.2) is 0 Å². The molecule has 1 aliphatic heterocycles. The van der Waals surface area contributed by atoms with Gasteiger partial charge in [0.2, 0.25) is 0 Å². The van der Waals surface area contributed by atoms with Gasteiger partial charge in [0.15, 0.2) is 0 Å². The van der Waals surface area contributed by atoms with E-state index in [2.05, 4.69) is 13.0 Å². The van der Waals surface area contributed by atoms with Gasteiger partial charge in [-0.05, 0) is 24.1 Å². The third-order valence-corrected chi connectivity index (χ3v) is 7.02. The van der Waals surface area contributed by atoms with Crippen molar-refractivity contribution in [1.29, 1.82) is 0 Å². The van der Waals surface area contributed by atoms with Crippen molar-refractivity contribution in [1.82, 2.24) is 0 Å². The molecule has 0 fully saturated rings. The Morgan fingerprint density at radius 1 is 0.826 bits per heavy atom. The highest BCUT2D eigenvalue weighted by Gasteiger charge is 2.34. The van der Waals surface area contributed by atoms with E-state index in [4.69, 9.17) is 4.52 Å². The van der Waals surface area contributed by atoms with Gasteiger partial charge in [0.05, 0.1) is 5.30 Å². The highest BCUT2D eigenvalue weighted by molar-refractivity contribution is 7.67. The fourth-order valence-electron chi connectivity index (χ4n) is 3.24. The average molecular weight is 328 g/mol. The van der Waals surface area contributed by atoms with E-state index in [9.17, 15) is 4.57 Å². The molecular formula is C20H25O2P. The maximum absolute atomic E-state index is 13.5. The van der Waals surface area contributed by atoms with Crippen LogP contribution in [0.5, 0.6) is 5.75 Å². The minimum Gasteiger partial charge on any atom is -0.439 e. The molecule has 1 unspecified atom stereocenters. The second kappa shape index (κ2) is 7.36. The standard InChI is InChI=1S/C20H25O2P/c1-2-3-4-5-6-11-16-23(21)20-15-10-8-13-18(20)17-12-7-9-14-19(17)22-23/h7-10,12-15H,2-6,11,16H2,1H3. The third-order valence-electron chi connectivity index (χ3n) is 4.50. The van der Waals surface area contributed by atoms with Gasteiger partial charge in [-0.1, -0.05) is 75.4 Å². The van der Waals surface area contributed by atoms with Crippen molar-refractivity contribution < 1.29 is 9.09 Å². The number of benzene rings is 2. The van der Waals surface area contributed by atoms with E-state index < -0.39 is 7.37 Å². The second-order valence-electron chi connectivity index (χ2n) is 6.27. The third kappa shape index (κ3) is 3.53. The maximum atomic E-state index is 13.5. The fourth-order valence-corrected chi connectivity index (χ4v) is 5.66. The Hall–Kier alpha value is -1.53. The van der Waals surface area contributed by atoms with Gasteiger partial charge >= 0.3 is 0 Å². The molecule has 0 spiro atoms. The predicted octanol–water partition coefficient (Wildman–Crippen LogP) is 6.01.